The summed E-state index contributed by atoms with van der Waals surface area (Å²) >= 11 is 0. The van der Waals surface area contributed by atoms with Crippen LogP contribution in [0.1, 0.15) is 239 Å². The molecule has 0 rings (SSSR count). The predicted molar refractivity (Wildman–Crippen MR) is 297 cm³/mol. The van der Waals surface area contributed by atoms with Crippen molar-refractivity contribution in [3.05, 3.63) is 122 Å². The maximum Gasteiger partial charge on any atom is 0.306 e. The lowest BCUT2D eigenvalue weighted by molar-refractivity contribution is -0.167. The molecule has 0 aromatic rings. The van der Waals surface area contributed by atoms with Gasteiger partial charge in [0.05, 0.1) is 0 Å². The molecule has 0 aromatic heterocycles. The molecule has 0 amide bonds. The van der Waals surface area contributed by atoms with Crippen molar-refractivity contribution in [2.24, 2.45) is 0 Å². The number of carbonyl (C=O) groups is 3. The van der Waals surface area contributed by atoms with E-state index in [2.05, 4.69) is 93.7 Å². The molecular weight excluding hydrogens is 853 g/mol. The van der Waals surface area contributed by atoms with Gasteiger partial charge in [-0.25, -0.2) is 0 Å². The normalized spacial score (nSPS) is 13.0. The summed E-state index contributed by atoms with van der Waals surface area (Å²) in [5.41, 5.74) is 0. The van der Waals surface area contributed by atoms with E-state index in [1.54, 1.807) is 0 Å². The molecule has 0 spiro atoms. The number of rotatable bonds is 49. The number of allylic oxidation sites excluding steroid dienone is 20. The smallest absolute Gasteiger partial charge is 0.306 e. The average molecular weight is 956 g/mol. The van der Waals surface area contributed by atoms with E-state index >= 15 is 0 Å². The molecule has 0 fully saturated rings. The summed E-state index contributed by atoms with van der Waals surface area (Å²) in [7, 11) is 0. The number of hydrogen-bond acceptors (Lipinski definition) is 6. The van der Waals surface area contributed by atoms with Crippen LogP contribution in [0, 0.1) is 0 Å². The molecule has 0 aliphatic rings. The van der Waals surface area contributed by atoms with Crippen molar-refractivity contribution in [3.63, 3.8) is 0 Å². The molecule has 390 valence electrons. The molecular formula is C63H102O6. The lowest BCUT2D eigenvalue weighted by atomic mass is 10.1. The predicted octanol–water partition coefficient (Wildman–Crippen LogP) is 18.9. The Morgan fingerprint density at radius 2 is 0.565 bits per heavy atom. The minimum atomic E-state index is -0.817. The molecule has 69 heavy (non-hydrogen) atoms. The first-order valence-electron chi connectivity index (χ1n) is 28.2. The van der Waals surface area contributed by atoms with Gasteiger partial charge in [-0.05, 0) is 89.9 Å². The first-order chi connectivity index (χ1) is 34.0. The van der Waals surface area contributed by atoms with Gasteiger partial charge < -0.3 is 14.2 Å². The quantitative estimate of drug-likeness (QED) is 0.0262. The molecule has 1 unspecified atom stereocenters. The Balaban J connectivity index is 4.54. The monoisotopic (exact) mass is 955 g/mol. The Morgan fingerprint density at radius 3 is 0.913 bits per heavy atom. The number of unbranched alkanes of at least 4 members (excludes halogenated alkanes) is 25. The minimum absolute atomic E-state index is 0.112. The second kappa shape index (κ2) is 56.4. The van der Waals surface area contributed by atoms with E-state index in [4.69, 9.17) is 14.2 Å². The van der Waals surface area contributed by atoms with Crippen LogP contribution < -0.4 is 0 Å². The average Bonchev–Trinajstić information content (AvgIpc) is 3.35. The van der Waals surface area contributed by atoms with Gasteiger partial charge in [-0.1, -0.05) is 251 Å². The third-order valence-corrected chi connectivity index (χ3v) is 11.6. The number of esters is 3. The highest BCUT2D eigenvalue weighted by Gasteiger charge is 2.19. The van der Waals surface area contributed by atoms with Crippen LogP contribution in [0.5, 0.6) is 0 Å². The maximum absolute atomic E-state index is 12.9. The van der Waals surface area contributed by atoms with Gasteiger partial charge in [0, 0.05) is 19.3 Å². The van der Waals surface area contributed by atoms with Crippen LogP contribution in [-0.4, -0.2) is 37.2 Å². The summed E-state index contributed by atoms with van der Waals surface area (Å²) in [6.07, 6.45) is 77.5. The third-order valence-electron chi connectivity index (χ3n) is 11.6. The highest BCUT2D eigenvalue weighted by Crippen LogP contribution is 2.13. The van der Waals surface area contributed by atoms with Crippen LogP contribution in [0.25, 0.3) is 0 Å². The topological polar surface area (TPSA) is 78.9 Å². The number of ether oxygens (including phenoxy) is 3. The van der Waals surface area contributed by atoms with Gasteiger partial charge in [-0.3, -0.25) is 14.4 Å². The first-order valence-corrected chi connectivity index (χ1v) is 28.2. The van der Waals surface area contributed by atoms with Gasteiger partial charge in [0.15, 0.2) is 6.10 Å². The van der Waals surface area contributed by atoms with Gasteiger partial charge in [0.2, 0.25) is 0 Å². The largest absolute Gasteiger partial charge is 0.462 e. The molecule has 0 bridgehead atoms. The lowest BCUT2D eigenvalue weighted by Crippen LogP contribution is -2.30. The van der Waals surface area contributed by atoms with E-state index < -0.39 is 6.10 Å². The van der Waals surface area contributed by atoms with E-state index in [1.807, 2.05) is 48.6 Å². The molecule has 0 aliphatic heterocycles. The molecule has 0 saturated heterocycles. The van der Waals surface area contributed by atoms with Crippen molar-refractivity contribution in [2.75, 3.05) is 13.2 Å². The molecule has 6 nitrogen and oxygen atoms in total. The lowest BCUT2D eigenvalue weighted by Gasteiger charge is -2.18. The van der Waals surface area contributed by atoms with E-state index in [0.717, 1.165) is 116 Å². The summed E-state index contributed by atoms with van der Waals surface area (Å²) in [6, 6.07) is 0. The summed E-state index contributed by atoms with van der Waals surface area (Å²) in [4.78, 5) is 38.1. The van der Waals surface area contributed by atoms with Crippen LogP contribution in [-0.2, 0) is 28.6 Å². The SMILES string of the molecule is CC\C=C/C=C\C=C/C=C\C=C/CCCCCC(=O)OCC(COC(=O)CCCCCCC\C=C/C=C\C=C/CCCCCCC)OC(=O)CCCCCCC/C=C\C=C/CCCCCCCCC. The molecule has 6 heteroatoms. The van der Waals surface area contributed by atoms with Gasteiger partial charge in [-0.2, -0.15) is 0 Å². The molecule has 0 aromatic carbocycles. The van der Waals surface area contributed by atoms with Crippen LogP contribution >= 0.6 is 0 Å². The van der Waals surface area contributed by atoms with Crippen molar-refractivity contribution in [1.29, 1.82) is 0 Å². The summed E-state index contributed by atoms with van der Waals surface area (Å²) < 4.78 is 16.8. The Labute approximate surface area is 424 Å². The van der Waals surface area contributed by atoms with Crippen LogP contribution in [0.2, 0.25) is 0 Å². The van der Waals surface area contributed by atoms with Crippen LogP contribution in [0.3, 0.4) is 0 Å². The van der Waals surface area contributed by atoms with E-state index in [9.17, 15) is 14.4 Å². The molecule has 0 saturated carbocycles. The first kappa shape index (κ1) is 64.8. The minimum Gasteiger partial charge on any atom is -0.462 e. The van der Waals surface area contributed by atoms with Gasteiger partial charge >= 0.3 is 17.9 Å². The van der Waals surface area contributed by atoms with Gasteiger partial charge in [0.1, 0.15) is 13.2 Å². The van der Waals surface area contributed by atoms with Crippen molar-refractivity contribution in [3.8, 4) is 0 Å². The van der Waals surface area contributed by atoms with Crippen LogP contribution in [0.15, 0.2) is 122 Å². The zero-order valence-electron chi connectivity index (χ0n) is 44.5. The van der Waals surface area contributed by atoms with E-state index in [-0.39, 0.29) is 31.1 Å². The zero-order chi connectivity index (χ0) is 50.0. The van der Waals surface area contributed by atoms with Crippen molar-refractivity contribution in [1.82, 2.24) is 0 Å². The Morgan fingerprint density at radius 1 is 0.304 bits per heavy atom. The summed E-state index contributed by atoms with van der Waals surface area (Å²) in [5, 5.41) is 0. The van der Waals surface area contributed by atoms with Crippen molar-refractivity contribution < 1.29 is 28.6 Å². The van der Waals surface area contributed by atoms with Crippen molar-refractivity contribution >= 4 is 17.9 Å². The Bertz CT molecular complexity index is 1470. The summed E-state index contributed by atoms with van der Waals surface area (Å²) in [5.74, 6) is -0.991. The number of carbonyl (C=O) groups excluding carboxylic acids is 3. The third kappa shape index (κ3) is 54.6. The highest BCUT2D eigenvalue weighted by atomic mass is 16.6. The Kier molecular flexibility index (Phi) is 53.0. The van der Waals surface area contributed by atoms with Gasteiger partial charge in [0.25, 0.3) is 0 Å². The van der Waals surface area contributed by atoms with Crippen molar-refractivity contribution in [2.45, 2.75) is 245 Å². The fourth-order valence-electron chi connectivity index (χ4n) is 7.40. The highest BCUT2D eigenvalue weighted by molar-refractivity contribution is 5.71. The fourth-order valence-corrected chi connectivity index (χ4v) is 7.40. The van der Waals surface area contributed by atoms with E-state index in [1.165, 1.54) is 83.5 Å². The summed E-state index contributed by atoms with van der Waals surface area (Å²) in [6.45, 7) is 6.40. The van der Waals surface area contributed by atoms with E-state index in [0.29, 0.717) is 19.3 Å². The number of hydrogen-bond donors (Lipinski definition) is 0. The Hall–Kier alpha value is -4.19. The van der Waals surface area contributed by atoms with Gasteiger partial charge in [-0.15, -0.1) is 0 Å². The molecule has 1 atom stereocenters. The second-order valence-corrected chi connectivity index (χ2v) is 18.3. The molecule has 0 aliphatic carbocycles. The zero-order valence-corrected chi connectivity index (χ0v) is 44.5. The maximum atomic E-state index is 12.9. The molecule has 0 radical (unpaired) electrons. The standard InChI is InChI=1S/C63H102O6/c1-4-7-10-13-16-19-22-25-28-30-32-35-38-41-44-47-50-53-56-62(65)68-59-60(58-67-61(64)55-52-49-46-43-40-37-34-27-24-21-18-15-12-9-6-3)69-63(66)57-54-51-48-45-42-39-36-33-31-29-26-23-20-17-14-11-8-5-2/h9,12,15,18,21-22,24-25,27-37,40,60H,4-8,10-11,13-14,16-17,19-20,23,26,38-39,41-59H2,1-3H3/b12-9-,18-15-,24-21-,25-22-,30-28-,31-29-,34-27-,35-32-,36-33-,40-37-. The molecule has 0 heterocycles. The molecule has 0 N–H and O–H groups in total. The van der Waals surface area contributed by atoms with Crippen LogP contribution in [0.4, 0.5) is 0 Å². The second-order valence-electron chi connectivity index (χ2n) is 18.3. The fraction of sp³-hybridized carbons (Fsp3) is 0.635.